The molecule has 0 spiro atoms. The average molecular weight is 367 g/mol. The zero-order chi connectivity index (χ0) is 18.5. The lowest BCUT2D eigenvalue weighted by Crippen LogP contribution is -2.15. The van der Waals surface area contributed by atoms with Crippen molar-refractivity contribution in [2.24, 2.45) is 0 Å². The predicted octanol–water partition coefficient (Wildman–Crippen LogP) is 4.61. The largest absolute Gasteiger partial charge is 0.365 e. The van der Waals surface area contributed by atoms with Crippen molar-refractivity contribution in [2.75, 3.05) is 10.6 Å². The van der Waals surface area contributed by atoms with Gasteiger partial charge in [0.1, 0.15) is 11.5 Å². The van der Waals surface area contributed by atoms with E-state index in [9.17, 15) is 4.79 Å². The van der Waals surface area contributed by atoms with E-state index in [4.69, 9.17) is 11.6 Å². The molecule has 6 heteroatoms. The van der Waals surface area contributed by atoms with Gasteiger partial charge in [0.2, 0.25) is 0 Å². The number of halogens is 1. The van der Waals surface area contributed by atoms with Gasteiger partial charge in [0, 0.05) is 17.3 Å². The number of nitrogens with zero attached hydrogens (tertiary/aromatic N) is 2. The average Bonchev–Trinajstić information content (AvgIpc) is 2.63. The number of rotatable bonds is 5. The van der Waals surface area contributed by atoms with Crippen LogP contribution in [0.2, 0.25) is 5.02 Å². The summed E-state index contributed by atoms with van der Waals surface area (Å²) in [6, 6.07) is 13.5. The molecule has 2 aromatic carbocycles. The van der Waals surface area contributed by atoms with Crippen LogP contribution in [0.3, 0.4) is 0 Å². The summed E-state index contributed by atoms with van der Waals surface area (Å²) in [5.41, 5.74) is 4.20. The van der Waals surface area contributed by atoms with E-state index < -0.39 is 0 Å². The summed E-state index contributed by atoms with van der Waals surface area (Å²) >= 11 is 5.93. The number of amides is 1. The minimum Gasteiger partial charge on any atom is -0.365 e. The van der Waals surface area contributed by atoms with E-state index >= 15 is 0 Å². The number of hydrogen-bond acceptors (Lipinski definition) is 4. The molecule has 2 N–H and O–H groups in total. The number of carbonyl (C=O) groups excluding carboxylic acids is 1. The van der Waals surface area contributed by atoms with Gasteiger partial charge in [-0.3, -0.25) is 4.79 Å². The van der Waals surface area contributed by atoms with Crippen LogP contribution in [0, 0.1) is 13.8 Å². The maximum absolute atomic E-state index is 12.3. The number of aryl methyl sites for hydroxylation is 2. The van der Waals surface area contributed by atoms with Crippen molar-refractivity contribution in [1.82, 2.24) is 9.97 Å². The number of nitrogens with one attached hydrogen (secondary N) is 2. The van der Waals surface area contributed by atoms with Crippen molar-refractivity contribution in [1.29, 1.82) is 0 Å². The lowest BCUT2D eigenvalue weighted by atomic mass is 10.1. The van der Waals surface area contributed by atoms with Crippen molar-refractivity contribution in [2.45, 2.75) is 20.4 Å². The van der Waals surface area contributed by atoms with Gasteiger partial charge in [-0.05, 0) is 43.2 Å². The Labute approximate surface area is 157 Å². The predicted molar refractivity (Wildman–Crippen MR) is 105 cm³/mol. The molecule has 0 radical (unpaired) electrons. The van der Waals surface area contributed by atoms with Gasteiger partial charge in [0.05, 0.1) is 12.4 Å². The first-order chi connectivity index (χ1) is 12.5. The van der Waals surface area contributed by atoms with E-state index in [2.05, 4.69) is 39.7 Å². The lowest BCUT2D eigenvalue weighted by molar-refractivity contribution is 0.102. The van der Waals surface area contributed by atoms with Crippen molar-refractivity contribution in [3.05, 3.63) is 82.3 Å². The fraction of sp³-hybridized carbons (Fsp3) is 0.150. The molecule has 0 atom stereocenters. The molecule has 1 heterocycles. The molecule has 1 amide bonds. The lowest BCUT2D eigenvalue weighted by Gasteiger charge is -2.09. The number of anilines is 2. The summed E-state index contributed by atoms with van der Waals surface area (Å²) in [5.74, 6) is 0.305. The second-order valence-corrected chi connectivity index (χ2v) is 6.48. The second kappa shape index (κ2) is 7.97. The highest BCUT2D eigenvalue weighted by Crippen LogP contribution is 2.20. The second-order valence-electron chi connectivity index (χ2n) is 6.04. The first kappa shape index (κ1) is 17.9. The Balaban J connectivity index is 1.62. The standard InChI is InChI=1S/C20H19ClN4O/c1-13-4-3-5-15(8-13)10-23-19-12-22-18(11-24-19)20(26)25-17-7-6-16(21)9-14(17)2/h3-9,11-12H,10H2,1-2H3,(H,23,24)(H,25,26). The SMILES string of the molecule is Cc1cccc(CNc2cnc(C(=O)Nc3ccc(Cl)cc3C)cn2)c1. The molecular weight excluding hydrogens is 348 g/mol. The molecule has 132 valence electrons. The molecule has 26 heavy (non-hydrogen) atoms. The topological polar surface area (TPSA) is 66.9 Å². The van der Waals surface area contributed by atoms with Gasteiger partial charge in [-0.2, -0.15) is 0 Å². The minimum absolute atomic E-state index is 0.250. The normalized spacial score (nSPS) is 10.4. The highest BCUT2D eigenvalue weighted by atomic mass is 35.5. The van der Waals surface area contributed by atoms with Crippen LogP contribution in [-0.4, -0.2) is 15.9 Å². The first-order valence-electron chi connectivity index (χ1n) is 8.20. The van der Waals surface area contributed by atoms with Gasteiger partial charge < -0.3 is 10.6 Å². The molecule has 0 aliphatic heterocycles. The molecule has 1 aromatic heterocycles. The van der Waals surface area contributed by atoms with Crippen LogP contribution in [0.5, 0.6) is 0 Å². The van der Waals surface area contributed by atoms with Crippen LogP contribution in [0.15, 0.2) is 54.9 Å². The molecule has 0 saturated heterocycles. The summed E-state index contributed by atoms with van der Waals surface area (Å²) in [6.45, 7) is 4.58. The molecule has 0 unspecified atom stereocenters. The Hall–Kier alpha value is -2.92. The van der Waals surface area contributed by atoms with Gasteiger partial charge in [0.15, 0.2) is 0 Å². The van der Waals surface area contributed by atoms with Crippen LogP contribution in [-0.2, 0) is 6.54 Å². The van der Waals surface area contributed by atoms with Crippen molar-refractivity contribution in [3.63, 3.8) is 0 Å². The molecule has 3 rings (SSSR count). The Morgan fingerprint density at radius 2 is 1.92 bits per heavy atom. The highest BCUT2D eigenvalue weighted by molar-refractivity contribution is 6.30. The third-order valence-corrected chi connectivity index (χ3v) is 4.11. The fourth-order valence-corrected chi connectivity index (χ4v) is 2.73. The van der Waals surface area contributed by atoms with E-state index in [0.29, 0.717) is 23.1 Å². The maximum Gasteiger partial charge on any atom is 0.275 e. The zero-order valence-electron chi connectivity index (χ0n) is 14.6. The monoisotopic (exact) mass is 366 g/mol. The molecule has 3 aromatic rings. The summed E-state index contributed by atoms with van der Waals surface area (Å²) in [6.07, 6.45) is 3.01. The molecule has 0 fully saturated rings. The Morgan fingerprint density at radius 3 is 2.62 bits per heavy atom. The van der Waals surface area contributed by atoms with E-state index in [0.717, 1.165) is 11.1 Å². The molecule has 0 saturated carbocycles. The smallest absolute Gasteiger partial charge is 0.275 e. The van der Waals surface area contributed by atoms with Gasteiger partial charge in [-0.25, -0.2) is 9.97 Å². The fourth-order valence-electron chi connectivity index (χ4n) is 2.50. The molecule has 5 nitrogen and oxygen atoms in total. The molecule has 0 bridgehead atoms. The summed E-state index contributed by atoms with van der Waals surface area (Å²) in [5, 5.41) is 6.65. The molecule has 0 aliphatic carbocycles. The Morgan fingerprint density at radius 1 is 1.08 bits per heavy atom. The van der Waals surface area contributed by atoms with Crippen LogP contribution in [0.25, 0.3) is 0 Å². The van der Waals surface area contributed by atoms with Gasteiger partial charge in [-0.15, -0.1) is 0 Å². The maximum atomic E-state index is 12.3. The number of aromatic nitrogens is 2. The van der Waals surface area contributed by atoms with Gasteiger partial charge in [0.25, 0.3) is 5.91 Å². The van der Waals surface area contributed by atoms with Crippen molar-refractivity contribution < 1.29 is 4.79 Å². The quantitative estimate of drug-likeness (QED) is 0.691. The number of benzene rings is 2. The summed E-state index contributed by atoms with van der Waals surface area (Å²) in [7, 11) is 0. The molecular formula is C20H19ClN4O. The van der Waals surface area contributed by atoms with Crippen LogP contribution >= 0.6 is 11.6 Å². The first-order valence-corrected chi connectivity index (χ1v) is 8.58. The van der Waals surface area contributed by atoms with E-state index in [-0.39, 0.29) is 11.6 Å². The van der Waals surface area contributed by atoms with E-state index in [1.165, 1.54) is 11.8 Å². The van der Waals surface area contributed by atoms with E-state index in [1.807, 2.05) is 19.1 Å². The van der Waals surface area contributed by atoms with Crippen molar-refractivity contribution in [3.8, 4) is 0 Å². The van der Waals surface area contributed by atoms with Crippen LogP contribution in [0.4, 0.5) is 11.5 Å². The van der Waals surface area contributed by atoms with Crippen molar-refractivity contribution >= 4 is 29.0 Å². The van der Waals surface area contributed by atoms with Crippen LogP contribution < -0.4 is 10.6 Å². The minimum atomic E-state index is -0.312. The number of carbonyl (C=O) groups is 1. The Kier molecular flexibility index (Phi) is 5.49. The third kappa shape index (κ3) is 4.58. The highest BCUT2D eigenvalue weighted by Gasteiger charge is 2.10. The zero-order valence-corrected chi connectivity index (χ0v) is 15.3. The van der Waals surface area contributed by atoms with Crippen LogP contribution in [0.1, 0.15) is 27.2 Å². The number of hydrogen-bond donors (Lipinski definition) is 2. The molecule has 0 aliphatic rings. The Bertz CT molecular complexity index is 925. The van der Waals surface area contributed by atoms with Gasteiger partial charge in [-0.1, -0.05) is 41.4 Å². The third-order valence-electron chi connectivity index (χ3n) is 3.88. The summed E-state index contributed by atoms with van der Waals surface area (Å²) in [4.78, 5) is 20.8. The van der Waals surface area contributed by atoms with E-state index in [1.54, 1.807) is 24.4 Å². The van der Waals surface area contributed by atoms with Gasteiger partial charge >= 0.3 is 0 Å². The summed E-state index contributed by atoms with van der Waals surface area (Å²) < 4.78 is 0.